The molecule has 1 aromatic heterocycles. The van der Waals surface area contributed by atoms with Crippen molar-refractivity contribution in [1.82, 2.24) is 19.8 Å². The van der Waals surface area contributed by atoms with Crippen molar-refractivity contribution in [3.8, 4) is 5.75 Å². The Morgan fingerprint density at radius 3 is 2.43 bits per heavy atom. The van der Waals surface area contributed by atoms with Gasteiger partial charge >= 0.3 is 0 Å². The number of likely N-dealkylation sites (tertiary alicyclic amines) is 2. The number of amides is 2. The van der Waals surface area contributed by atoms with Crippen molar-refractivity contribution in [2.24, 2.45) is 5.92 Å². The van der Waals surface area contributed by atoms with Crippen molar-refractivity contribution in [2.75, 3.05) is 50.0 Å². The summed E-state index contributed by atoms with van der Waals surface area (Å²) >= 11 is 5.88. The quantitative estimate of drug-likeness (QED) is 0.254. The van der Waals surface area contributed by atoms with Gasteiger partial charge in [0.15, 0.2) is 0 Å². The number of aromatic nitrogens is 2. The highest BCUT2D eigenvalue weighted by atomic mass is 35.5. The van der Waals surface area contributed by atoms with Gasteiger partial charge in [-0.2, -0.15) is 8.42 Å². The number of halogens is 2. The molecule has 1 N–H and O–H groups in total. The van der Waals surface area contributed by atoms with Crippen LogP contribution in [-0.4, -0.2) is 95.2 Å². The van der Waals surface area contributed by atoms with E-state index in [4.69, 9.17) is 20.9 Å². The molecule has 3 aliphatic heterocycles. The highest BCUT2D eigenvalue weighted by Crippen LogP contribution is 2.40. The second-order valence-electron chi connectivity index (χ2n) is 12.1. The van der Waals surface area contributed by atoms with Gasteiger partial charge in [-0.1, -0.05) is 17.7 Å². The maximum atomic E-state index is 14.8. The van der Waals surface area contributed by atoms with Crippen molar-refractivity contribution in [2.45, 2.75) is 63.3 Å². The number of nitrogens with zero attached hydrogens (tertiary/aromatic N) is 5. The van der Waals surface area contributed by atoms with Crippen LogP contribution in [0.4, 0.5) is 10.3 Å². The van der Waals surface area contributed by atoms with E-state index in [0.29, 0.717) is 60.9 Å². The summed E-state index contributed by atoms with van der Waals surface area (Å²) in [6, 6.07) is 4.62. The smallest absolute Gasteiger partial charge is 0.264 e. The summed E-state index contributed by atoms with van der Waals surface area (Å²) in [5.41, 5.74) is -0.0613. The van der Waals surface area contributed by atoms with Crippen molar-refractivity contribution in [3.05, 3.63) is 47.0 Å². The molecule has 44 heavy (non-hydrogen) atoms. The van der Waals surface area contributed by atoms with Crippen LogP contribution in [0, 0.1) is 11.7 Å². The molecule has 0 saturated carbocycles. The summed E-state index contributed by atoms with van der Waals surface area (Å²) in [6.45, 7) is 3.72. The van der Waals surface area contributed by atoms with Crippen LogP contribution < -0.4 is 9.64 Å². The van der Waals surface area contributed by atoms with Gasteiger partial charge in [-0.25, -0.2) is 14.4 Å². The molecule has 4 heterocycles. The van der Waals surface area contributed by atoms with E-state index in [-0.39, 0.29) is 42.4 Å². The Hall–Kier alpha value is -3.03. The van der Waals surface area contributed by atoms with E-state index in [9.17, 15) is 22.4 Å². The molecule has 11 nitrogen and oxygen atoms in total. The van der Waals surface area contributed by atoms with Gasteiger partial charge in [0, 0.05) is 45.2 Å². The first kappa shape index (κ1) is 32.4. The molecule has 0 unspecified atom stereocenters. The van der Waals surface area contributed by atoms with Crippen molar-refractivity contribution in [3.63, 3.8) is 0 Å². The first-order valence-corrected chi connectivity index (χ1v) is 17.2. The SMILES string of the molecule is O=C(Cc1ccc(OCCCC2CCN(c3ncc(Cl)cn3)CC2)cc1F)N1CC2(CCN2C(=O)CCCCS(=O)(=O)O)C1. The number of carbonyl (C=O) groups is 2. The summed E-state index contributed by atoms with van der Waals surface area (Å²) in [7, 11) is -4.03. The van der Waals surface area contributed by atoms with Crippen LogP contribution in [0.5, 0.6) is 5.75 Å². The fourth-order valence-corrected chi connectivity index (χ4v) is 6.95. The van der Waals surface area contributed by atoms with E-state index in [0.717, 1.165) is 45.2 Å². The van der Waals surface area contributed by atoms with Crippen molar-refractivity contribution in [1.29, 1.82) is 0 Å². The van der Waals surface area contributed by atoms with Crippen LogP contribution in [0.3, 0.4) is 0 Å². The number of rotatable bonds is 13. The topological polar surface area (TPSA) is 133 Å². The van der Waals surface area contributed by atoms with Gasteiger partial charge in [-0.3, -0.25) is 14.1 Å². The minimum Gasteiger partial charge on any atom is -0.493 e. The molecule has 2 amide bonds. The lowest BCUT2D eigenvalue weighted by Gasteiger charge is -2.62. The van der Waals surface area contributed by atoms with Gasteiger partial charge in [0.1, 0.15) is 11.6 Å². The molecule has 0 atom stereocenters. The largest absolute Gasteiger partial charge is 0.493 e. The molecule has 14 heteroatoms. The summed E-state index contributed by atoms with van der Waals surface area (Å²) in [6.07, 6.45) is 8.74. The van der Waals surface area contributed by atoms with E-state index in [1.807, 2.05) is 0 Å². The zero-order valence-electron chi connectivity index (χ0n) is 24.7. The Balaban J connectivity index is 0.982. The van der Waals surface area contributed by atoms with Crippen molar-refractivity contribution >= 4 is 39.5 Å². The average molecular weight is 652 g/mol. The minimum atomic E-state index is -4.03. The maximum absolute atomic E-state index is 14.8. The van der Waals surface area contributed by atoms with E-state index >= 15 is 0 Å². The summed E-state index contributed by atoms with van der Waals surface area (Å²) in [5.74, 6) is 0.639. The van der Waals surface area contributed by atoms with E-state index in [2.05, 4.69) is 14.9 Å². The summed E-state index contributed by atoms with van der Waals surface area (Å²) in [4.78, 5) is 39.6. The molecule has 3 fully saturated rings. The third-order valence-electron chi connectivity index (χ3n) is 8.94. The Morgan fingerprint density at radius 1 is 1.07 bits per heavy atom. The van der Waals surface area contributed by atoms with Gasteiger partial charge in [0.25, 0.3) is 10.1 Å². The number of ether oxygens (including phenoxy) is 1. The molecule has 1 aromatic carbocycles. The molecule has 0 aliphatic carbocycles. The fraction of sp³-hybridized carbons (Fsp3) is 0.600. The second-order valence-corrected chi connectivity index (χ2v) is 14.1. The van der Waals surface area contributed by atoms with E-state index in [1.54, 1.807) is 34.3 Å². The minimum absolute atomic E-state index is 0.0640. The number of benzene rings is 1. The van der Waals surface area contributed by atoms with E-state index in [1.165, 1.54) is 6.07 Å². The molecule has 1 spiro atoms. The number of carbonyl (C=O) groups excluding carboxylic acids is 2. The molecule has 0 radical (unpaired) electrons. The number of anilines is 1. The number of unbranched alkanes of at least 4 members (excludes halogenated alkanes) is 1. The average Bonchev–Trinajstić information content (AvgIpc) is 2.94. The van der Waals surface area contributed by atoms with Gasteiger partial charge in [-0.15, -0.1) is 0 Å². The Kier molecular flexibility index (Phi) is 10.3. The van der Waals surface area contributed by atoms with Crippen LogP contribution in [0.2, 0.25) is 5.02 Å². The normalized spacial score (nSPS) is 18.2. The standard InChI is InChI=1S/C30H39ClFN5O6S/c31-24-18-33-29(34-19-24)35-11-8-22(9-12-35)4-3-14-43-25-7-6-23(26(32)17-25)16-28(39)36-20-30(21-36)10-13-37(30)27(38)5-1-2-15-44(40,41)42/h6-7,17-19,22H,1-5,8-16,20-21H2,(H,40,41,42). The number of piperidine rings is 1. The lowest BCUT2D eigenvalue weighted by atomic mass is 9.76. The molecule has 3 saturated heterocycles. The van der Waals surface area contributed by atoms with Gasteiger partial charge in [0.2, 0.25) is 17.8 Å². The van der Waals surface area contributed by atoms with Crippen LogP contribution in [0.15, 0.2) is 30.6 Å². The fourth-order valence-electron chi connectivity index (χ4n) is 6.28. The predicted molar refractivity (Wildman–Crippen MR) is 163 cm³/mol. The third kappa shape index (κ3) is 8.16. The van der Waals surface area contributed by atoms with Crippen LogP contribution in [0.25, 0.3) is 0 Å². The molecule has 2 aromatic rings. The Bertz CT molecular complexity index is 1430. The Morgan fingerprint density at radius 2 is 1.80 bits per heavy atom. The molecule has 3 aliphatic rings. The zero-order chi connectivity index (χ0) is 31.3. The van der Waals surface area contributed by atoms with Crippen LogP contribution >= 0.6 is 11.6 Å². The van der Waals surface area contributed by atoms with Gasteiger partial charge < -0.3 is 19.4 Å². The summed E-state index contributed by atoms with van der Waals surface area (Å²) < 4.78 is 51.1. The maximum Gasteiger partial charge on any atom is 0.264 e. The zero-order valence-corrected chi connectivity index (χ0v) is 26.2. The first-order valence-electron chi connectivity index (χ1n) is 15.2. The molecule has 240 valence electrons. The number of hydrogen-bond donors (Lipinski definition) is 1. The molecule has 5 rings (SSSR count). The predicted octanol–water partition coefficient (Wildman–Crippen LogP) is 3.76. The lowest BCUT2D eigenvalue weighted by molar-refractivity contribution is -0.174. The third-order valence-corrected chi connectivity index (χ3v) is 9.94. The van der Waals surface area contributed by atoms with Gasteiger partial charge in [0.05, 0.1) is 41.7 Å². The second kappa shape index (κ2) is 13.9. The van der Waals surface area contributed by atoms with Crippen LogP contribution in [0.1, 0.15) is 56.9 Å². The van der Waals surface area contributed by atoms with E-state index < -0.39 is 15.9 Å². The highest BCUT2D eigenvalue weighted by Gasteiger charge is 2.56. The molecule has 0 bridgehead atoms. The monoisotopic (exact) mass is 651 g/mol. The van der Waals surface area contributed by atoms with Crippen LogP contribution in [-0.2, 0) is 26.1 Å². The molecular formula is C30H39ClFN5O6S. The Labute approximate surface area is 262 Å². The first-order chi connectivity index (χ1) is 21.0. The van der Waals surface area contributed by atoms with Gasteiger partial charge in [-0.05, 0) is 62.5 Å². The summed E-state index contributed by atoms with van der Waals surface area (Å²) in [5, 5.41) is 0.525. The number of hydrogen-bond acceptors (Lipinski definition) is 8. The molecular weight excluding hydrogens is 613 g/mol. The van der Waals surface area contributed by atoms with Crippen molar-refractivity contribution < 1.29 is 31.7 Å². The highest BCUT2D eigenvalue weighted by molar-refractivity contribution is 7.85. The lowest BCUT2D eigenvalue weighted by Crippen LogP contribution is -2.78.